The molecular formula is C11H18F3NO3. The highest BCUT2D eigenvalue weighted by atomic mass is 19.4. The van der Waals surface area contributed by atoms with Crippen LogP contribution in [0.25, 0.3) is 0 Å². The number of Topliss-reactive ketones (excluding diaryl/α,β-unsaturated/α-hetero) is 1. The van der Waals surface area contributed by atoms with E-state index in [-0.39, 0.29) is 0 Å². The summed E-state index contributed by atoms with van der Waals surface area (Å²) in [5.74, 6) is -2.67. The maximum atomic E-state index is 12.3. The van der Waals surface area contributed by atoms with E-state index in [9.17, 15) is 22.8 Å². The smallest absolute Gasteiger partial charge is 0.444 e. The molecule has 0 aromatic rings. The first-order valence-corrected chi connectivity index (χ1v) is 5.45. The van der Waals surface area contributed by atoms with Gasteiger partial charge in [-0.3, -0.25) is 4.79 Å². The third kappa shape index (κ3) is 5.88. The third-order valence-electron chi connectivity index (χ3n) is 1.90. The standard InChI is InChI=1S/C11H18F3NO3/c1-6(2)7(8(16)11(12,13)14)15-9(17)18-10(3,4)5/h6-7H,1-5H3,(H,15,17)/t7-/m1/s1. The number of ether oxygens (including phenoxy) is 1. The van der Waals surface area contributed by atoms with E-state index < -0.39 is 35.6 Å². The van der Waals surface area contributed by atoms with Crippen molar-refractivity contribution >= 4 is 11.9 Å². The second-order valence-electron chi connectivity index (χ2n) is 5.23. The van der Waals surface area contributed by atoms with Crippen LogP contribution >= 0.6 is 0 Å². The maximum Gasteiger partial charge on any atom is 0.452 e. The van der Waals surface area contributed by atoms with E-state index in [0.717, 1.165) is 0 Å². The van der Waals surface area contributed by atoms with Crippen molar-refractivity contribution < 1.29 is 27.5 Å². The number of ketones is 1. The highest BCUT2D eigenvalue weighted by Gasteiger charge is 2.45. The molecule has 0 heterocycles. The molecule has 0 saturated carbocycles. The number of amides is 1. The number of alkyl halides is 3. The second kappa shape index (κ2) is 5.58. The molecule has 1 N–H and O–H groups in total. The van der Waals surface area contributed by atoms with Crippen molar-refractivity contribution in [2.24, 2.45) is 5.92 Å². The number of carbonyl (C=O) groups excluding carboxylic acids is 2. The van der Waals surface area contributed by atoms with Gasteiger partial charge in [0.05, 0.1) is 0 Å². The molecule has 4 nitrogen and oxygen atoms in total. The zero-order valence-electron chi connectivity index (χ0n) is 11.0. The number of hydrogen-bond donors (Lipinski definition) is 1. The van der Waals surface area contributed by atoms with E-state index in [1.807, 2.05) is 5.32 Å². The molecule has 0 bridgehead atoms. The lowest BCUT2D eigenvalue weighted by atomic mass is 10.00. The third-order valence-corrected chi connectivity index (χ3v) is 1.90. The molecule has 0 rings (SSSR count). The summed E-state index contributed by atoms with van der Waals surface area (Å²) in [7, 11) is 0. The Hall–Kier alpha value is -1.27. The minimum atomic E-state index is -4.98. The van der Waals surface area contributed by atoms with Crippen LogP contribution in [0, 0.1) is 5.92 Å². The van der Waals surface area contributed by atoms with Gasteiger partial charge in [-0.25, -0.2) is 4.79 Å². The molecular weight excluding hydrogens is 251 g/mol. The molecule has 7 heteroatoms. The average Bonchev–Trinajstić information content (AvgIpc) is 2.08. The second-order valence-corrected chi connectivity index (χ2v) is 5.23. The SMILES string of the molecule is CC(C)[C@@H](NC(=O)OC(C)(C)C)C(=O)C(F)(F)F. The number of alkyl carbamates (subject to hydrolysis) is 1. The Bertz CT molecular complexity index is 318. The van der Waals surface area contributed by atoms with Crippen LogP contribution in [0.5, 0.6) is 0 Å². The van der Waals surface area contributed by atoms with Crippen LogP contribution in [0.1, 0.15) is 34.6 Å². The molecule has 0 spiro atoms. The molecule has 1 amide bonds. The molecule has 106 valence electrons. The predicted octanol–water partition coefficient (Wildman–Crippen LogP) is 2.67. The van der Waals surface area contributed by atoms with Crippen molar-refractivity contribution in [3.8, 4) is 0 Å². The lowest BCUT2D eigenvalue weighted by molar-refractivity contribution is -0.174. The van der Waals surface area contributed by atoms with Crippen molar-refractivity contribution in [2.45, 2.75) is 52.4 Å². The molecule has 18 heavy (non-hydrogen) atoms. The number of nitrogens with one attached hydrogen (secondary N) is 1. The van der Waals surface area contributed by atoms with E-state index in [4.69, 9.17) is 4.74 Å². The molecule has 0 radical (unpaired) electrons. The number of rotatable bonds is 3. The van der Waals surface area contributed by atoms with Gasteiger partial charge >= 0.3 is 12.3 Å². The van der Waals surface area contributed by atoms with Gasteiger partial charge in [0.15, 0.2) is 0 Å². The van der Waals surface area contributed by atoms with Crippen LogP contribution in [0.15, 0.2) is 0 Å². The molecule has 0 aromatic carbocycles. The first-order chi connectivity index (χ1) is 7.84. The summed E-state index contributed by atoms with van der Waals surface area (Å²) in [5.41, 5.74) is -0.840. The monoisotopic (exact) mass is 269 g/mol. The van der Waals surface area contributed by atoms with Gasteiger partial charge in [0.2, 0.25) is 0 Å². The average molecular weight is 269 g/mol. The van der Waals surface area contributed by atoms with Crippen LogP contribution in [0.4, 0.5) is 18.0 Å². The van der Waals surface area contributed by atoms with Crippen molar-refractivity contribution in [2.75, 3.05) is 0 Å². The summed E-state index contributed by atoms with van der Waals surface area (Å²) < 4.78 is 41.7. The van der Waals surface area contributed by atoms with Crippen LogP contribution in [-0.4, -0.2) is 29.7 Å². The quantitative estimate of drug-likeness (QED) is 0.857. The topological polar surface area (TPSA) is 55.4 Å². The Labute approximate surface area is 104 Å². The first kappa shape index (κ1) is 16.7. The van der Waals surface area contributed by atoms with Crippen LogP contribution in [0.3, 0.4) is 0 Å². The van der Waals surface area contributed by atoms with Gasteiger partial charge in [-0.05, 0) is 26.7 Å². The van der Waals surface area contributed by atoms with Crippen LogP contribution < -0.4 is 5.32 Å². The van der Waals surface area contributed by atoms with Gasteiger partial charge in [-0.15, -0.1) is 0 Å². The van der Waals surface area contributed by atoms with Gasteiger partial charge < -0.3 is 10.1 Å². The Morgan fingerprint density at radius 1 is 1.11 bits per heavy atom. The normalized spacial score (nSPS) is 14.3. The molecule has 0 aromatic heterocycles. The van der Waals surface area contributed by atoms with E-state index in [0.29, 0.717) is 0 Å². The lowest BCUT2D eigenvalue weighted by Crippen LogP contribution is -2.50. The maximum absolute atomic E-state index is 12.3. The molecule has 0 unspecified atom stereocenters. The Balaban J connectivity index is 4.76. The highest BCUT2D eigenvalue weighted by molar-refractivity contribution is 5.91. The van der Waals surface area contributed by atoms with Crippen molar-refractivity contribution in [1.29, 1.82) is 0 Å². The minimum Gasteiger partial charge on any atom is -0.444 e. The van der Waals surface area contributed by atoms with Gasteiger partial charge in [0.1, 0.15) is 11.6 Å². The molecule has 0 aliphatic heterocycles. The highest BCUT2D eigenvalue weighted by Crippen LogP contribution is 2.21. The summed E-state index contributed by atoms with van der Waals surface area (Å²) in [5, 5.41) is 1.95. The largest absolute Gasteiger partial charge is 0.452 e. The molecule has 0 saturated heterocycles. The fraction of sp³-hybridized carbons (Fsp3) is 0.818. The summed E-state index contributed by atoms with van der Waals surface area (Å²) >= 11 is 0. The van der Waals surface area contributed by atoms with Gasteiger partial charge in [-0.2, -0.15) is 13.2 Å². The summed E-state index contributed by atoms with van der Waals surface area (Å²) in [6.45, 7) is 7.53. The fourth-order valence-electron chi connectivity index (χ4n) is 1.15. The predicted molar refractivity (Wildman–Crippen MR) is 59.1 cm³/mol. The Morgan fingerprint density at radius 3 is 1.83 bits per heavy atom. The molecule has 0 aliphatic rings. The van der Waals surface area contributed by atoms with Crippen molar-refractivity contribution in [3.63, 3.8) is 0 Å². The van der Waals surface area contributed by atoms with E-state index >= 15 is 0 Å². The van der Waals surface area contributed by atoms with Gasteiger partial charge in [-0.1, -0.05) is 13.8 Å². The zero-order chi connectivity index (χ0) is 14.7. The van der Waals surface area contributed by atoms with Gasteiger partial charge in [0, 0.05) is 0 Å². The molecule has 1 atom stereocenters. The Kier molecular flexibility index (Phi) is 5.19. The van der Waals surface area contributed by atoms with Crippen LogP contribution in [0.2, 0.25) is 0 Å². The first-order valence-electron chi connectivity index (χ1n) is 5.45. The summed E-state index contributed by atoms with van der Waals surface area (Å²) in [6.07, 6.45) is -6.02. The number of halogens is 3. The van der Waals surface area contributed by atoms with Gasteiger partial charge in [0.25, 0.3) is 5.78 Å². The molecule has 0 fully saturated rings. The number of carbonyl (C=O) groups is 2. The lowest BCUT2D eigenvalue weighted by Gasteiger charge is -2.25. The summed E-state index contributed by atoms with van der Waals surface area (Å²) in [6, 6.07) is -1.64. The van der Waals surface area contributed by atoms with E-state index in [2.05, 4.69) is 0 Å². The minimum absolute atomic E-state index is 0.688. The number of hydrogen-bond acceptors (Lipinski definition) is 3. The Morgan fingerprint density at radius 2 is 1.56 bits per heavy atom. The van der Waals surface area contributed by atoms with Crippen molar-refractivity contribution in [3.05, 3.63) is 0 Å². The summed E-state index contributed by atoms with van der Waals surface area (Å²) in [4.78, 5) is 22.5. The van der Waals surface area contributed by atoms with E-state index in [1.54, 1.807) is 20.8 Å². The zero-order valence-corrected chi connectivity index (χ0v) is 11.0. The van der Waals surface area contributed by atoms with Crippen molar-refractivity contribution in [1.82, 2.24) is 5.32 Å². The molecule has 0 aliphatic carbocycles. The van der Waals surface area contributed by atoms with Crippen LogP contribution in [-0.2, 0) is 9.53 Å². The fourth-order valence-corrected chi connectivity index (χ4v) is 1.15. The van der Waals surface area contributed by atoms with E-state index in [1.165, 1.54) is 13.8 Å².